The van der Waals surface area contributed by atoms with Gasteiger partial charge in [-0.15, -0.1) is 5.10 Å². The highest BCUT2D eigenvalue weighted by Crippen LogP contribution is 2.37. The molecule has 1 aromatic rings. The maximum atomic E-state index is 5.01. The summed E-state index contributed by atoms with van der Waals surface area (Å²) in [4.78, 5) is 0. The van der Waals surface area contributed by atoms with Gasteiger partial charge in [-0.25, -0.2) is 0 Å². The van der Waals surface area contributed by atoms with Crippen LogP contribution in [0.2, 0.25) is 0 Å². The van der Waals surface area contributed by atoms with Gasteiger partial charge >= 0.3 is 0 Å². The number of hydrogen-bond donors (Lipinski definition) is 1. The predicted molar refractivity (Wildman–Crippen MR) is 62.3 cm³/mol. The molecule has 1 N–H and O–H groups in total. The topological polar surface area (TPSA) is 47.0 Å². The van der Waals surface area contributed by atoms with Crippen LogP contribution in [0.25, 0.3) is 0 Å². The molecule has 0 saturated heterocycles. The third-order valence-electron chi connectivity index (χ3n) is 2.94. The van der Waals surface area contributed by atoms with Crippen LogP contribution in [0.5, 0.6) is 5.88 Å². The Balaban J connectivity index is 2.03. The summed E-state index contributed by atoms with van der Waals surface area (Å²) >= 11 is 0. The van der Waals surface area contributed by atoms with E-state index >= 15 is 0 Å². The van der Waals surface area contributed by atoms with Gasteiger partial charge in [-0.2, -0.15) is 5.10 Å². The molecule has 1 aliphatic rings. The van der Waals surface area contributed by atoms with E-state index in [1.807, 2.05) is 12.1 Å². The summed E-state index contributed by atoms with van der Waals surface area (Å²) in [7, 11) is 1.61. The molecule has 4 heteroatoms. The first kappa shape index (κ1) is 11.3. The molecule has 2 rings (SSSR count). The number of nitrogens with zero attached hydrogens (tertiary/aromatic N) is 2. The third-order valence-corrected chi connectivity index (χ3v) is 2.94. The van der Waals surface area contributed by atoms with Gasteiger partial charge in [-0.1, -0.05) is 19.8 Å². The summed E-state index contributed by atoms with van der Waals surface area (Å²) < 4.78 is 5.01. The Labute approximate surface area is 96.4 Å². The van der Waals surface area contributed by atoms with E-state index in [1.165, 1.54) is 19.3 Å². The number of ether oxygens (including phenoxy) is 1. The Hall–Kier alpha value is -1.16. The summed E-state index contributed by atoms with van der Waals surface area (Å²) in [6.07, 6.45) is 3.91. The molecule has 0 radical (unpaired) electrons. The molecular formula is C12H19N3O. The van der Waals surface area contributed by atoms with Crippen LogP contribution >= 0.6 is 0 Å². The first-order valence-corrected chi connectivity index (χ1v) is 5.94. The van der Waals surface area contributed by atoms with Crippen molar-refractivity contribution in [2.45, 2.75) is 32.2 Å². The zero-order chi connectivity index (χ0) is 11.4. The molecule has 0 aromatic carbocycles. The fourth-order valence-electron chi connectivity index (χ4n) is 1.87. The first-order valence-electron chi connectivity index (χ1n) is 5.94. The van der Waals surface area contributed by atoms with Crippen molar-refractivity contribution in [3.05, 3.63) is 17.8 Å². The molecule has 0 amide bonds. The lowest BCUT2D eigenvalue weighted by molar-refractivity contribution is 0.387. The van der Waals surface area contributed by atoms with Crippen molar-refractivity contribution in [1.82, 2.24) is 15.5 Å². The lowest BCUT2D eigenvalue weighted by Gasteiger charge is -2.16. The average molecular weight is 221 g/mol. The van der Waals surface area contributed by atoms with E-state index in [1.54, 1.807) is 7.11 Å². The van der Waals surface area contributed by atoms with Crippen LogP contribution in [0.4, 0.5) is 0 Å². The molecule has 1 saturated carbocycles. The zero-order valence-electron chi connectivity index (χ0n) is 9.94. The number of aromatic nitrogens is 2. The highest BCUT2D eigenvalue weighted by atomic mass is 16.5. The van der Waals surface area contributed by atoms with Crippen molar-refractivity contribution in [2.24, 2.45) is 5.92 Å². The normalized spacial score (nSPS) is 17.1. The number of hydrogen-bond acceptors (Lipinski definition) is 4. The van der Waals surface area contributed by atoms with Crippen molar-refractivity contribution < 1.29 is 4.74 Å². The maximum absolute atomic E-state index is 5.01. The fourth-order valence-corrected chi connectivity index (χ4v) is 1.87. The largest absolute Gasteiger partial charge is 0.480 e. The summed E-state index contributed by atoms with van der Waals surface area (Å²) in [5, 5.41) is 11.7. The number of nitrogens with one attached hydrogen (secondary N) is 1. The van der Waals surface area contributed by atoms with Crippen molar-refractivity contribution >= 4 is 0 Å². The van der Waals surface area contributed by atoms with E-state index in [0.29, 0.717) is 11.9 Å². The van der Waals surface area contributed by atoms with Crippen molar-refractivity contribution in [1.29, 1.82) is 0 Å². The van der Waals surface area contributed by atoms with Crippen molar-refractivity contribution in [2.75, 3.05) is 13.7 Å². The Morgan fingerprint density at radius 3 is 2.75 bits per heavy atom. The molecule has 0 spiro atoms. The minimum atomic E-state index is 0.343. The highest BCUT2D eigenvalue weighted by Gasteiger charge is 2.26. The molecule has 1 atom stereocenters. The van der Waals surface area contributed by atoms with Crippen molar-refractivity contribution in [3.63, 3.8) is 0 Å². The SMILES string of the molecule is CCNC(CC1CC1)c1ccc(OC)nn1. The molecule has 0 bridgehead atoms. The lowest BCUT2D eigenvalue weighted by Crippen LogP contribution is -2.22. The second kappa shape index (κ2) is 5.25. The third kappa shape index (κ3) is 2.92. The summed E-state index contributed by atoms with van der Waals surface area (Å²) in [5.74, 6) is 1.46. The van der Waals surface area contributed by atoms with E-state index in [9.17, 15) is 0 Å². The quantitative estimate of drug-likeness (QED) is 0.797. The Morgan fingerprint density at radius 2 is 2.25 bits per heavy atom. The van der Waals surface area contributed by atoms with Gasteiger partial charge in [0.25, 0.3) is 0 Å². The highest BCUT2D eigenvalue weighted by molar-refractivity contribution is 5.14. The molecule has 1 aromatic heterocycles. The summed E-state index contributed by atoms with van der Waals surface area (Å²) in [6, 6.07) is 4.22. The zero-order valence-corrected chi connectivity index (χ0v) is 9.94. The van der Waals surface area contributed by atoms with E-state index < -0.39 is 0 Å². The standard InChI is InChI=1S/C12H19N3O/c1-3-13-11(8-9-4-5-9)10-6-7-12(16-2)15-14-10/h6-7,9,11,13H,3-5,8H2,1-2H3. The van der Waals surface area contributed by atoms with Crippen LogP contribution in [0, 0.1) is 5.92 Å². The maximum Gasteiger partial charge on any atom is 0.233 e. The molecular weight excluding hydrogens is 202 g/mol. The van der Waals surface area contributed by atoms with Gasteiger partial charge in [-0.3, -0.25) is 0 Å². The number of methoxy groups -OCH3 is 1. The van der Waals surface area contributed by atoms with E-state index in [4.69, 9.17) is 4.74 Å². The Bertz CT molecular complexity index is 322. The second-order valence-corrected chi connectivity index (χ2v) is 4.29. The molecule has 0 aliphatic heterocycles. The molecule has 1 aliphatic carbocycles. The molecule has 4 nitrogen and oxygen atoms in total. The van der Waals surface area contributed by atoms with Gasteiger partial charge in [0.2, 0.25) is 5.88 Å². The molecule has 1 unspecified atom stereocenters. The monoisotopic (exact) mass is 221 g/mol. The van der Waals surface area contributed by atoms with Crippen LogP contribution in [-0.2, 0) is 0 Å². The number of rotatable bonds is 6. The van der Waals surface area contributed by atoms with Gasteiger partial charge in [0.05, 0.1) is 18.8 Å². The molecule has 1 fully saturated rings. The summed E-state index contributed by atoms with van der Waals surface area (Å²) in [6.45, 7) is 3.09. The van der Waals surface area contributed by atoms with Crippen LogP contribution in [0.15, 0.2) is 12.1 Å². The Kier molecular flexibility index (Phi) is 3.72. The van der Waals surface area contributed by atoms with Gasteiger partial charge in [0.15, 0.2) is 0 Å². The summed E-state index contributed by atoms with van der Waals surface area (Å²) in [5.41, 5.74) is 1.02. The van der Waals surface area contributed by atoms with Gasteiger partial charge in [0, 0.05) is 6.07 Å². The Morgan fingerprint density at radius 1 is 1.44 bits per heavy atom. The molecule has 1 heterocycles. The lowest BCUT2D eigenvalue weighted by atomic mass is 10.1. The van der Waals surface area contributed by atoms with E-state index in [0.717, 1.165) is 18.2 Å². The first-order chi connectivity index (χ1) is 7.83. The minimum absolute atomic E-state index is 0.343. The van der Waals surface area contributed by atoms with E-state index in [2.05, 4.69) is 22.4 Å². The average Bonchev–Trinajstić information content (AvgIpc) is 3.13. The smallest absolute Gasteiger partial charge is 0.233 e. The van der Waals surface area contributed by atoms with E-state index in [-0.39, 0.29) is 0 Å². The second-order valence-electron chi connectivity index (χ2n) is 4.29. The van der Waals surface area contributed by atoms with Crippen LogP contribution in [0.1, 0.15) is 37.9 Å². The van der Waals surface area contributed by atoms with Crippen LogP contribution in [0.3, 0.4) is 0 Å². The molecule has 88 valence electrons. The van der Waals surface area contributed by atoms with Crippen LogP contribution < -0.4 is 10.1 Å². The fraction of sp³-hybridized carbons (Fsp3) is 0.667. The van der Waals surface area contributed by atoms with Gasteiger partial charge in [-0.05, 0) is 24.9 Å². The van der Waals surface area contributed by atoms with Gasteiger partial charge < -0.3 is 10.1 Å². The van der Waals surface area contributed by atoms with Gasteiger partial charge in [0.1, 0.15) is 0 Å². The van der Waals surface area contributed by atoms with Crippen molar-refractivity contribution in [3.8, 4) is 5.88 Å². The predicted octanol–water partition coefficient (Wildman–Crippen LogP) is 1.94. The molecule has 16 heavy (non-hydrogen) atoms. The van der Waals surface area contributed by atoms with Crippen LogP contribution in [-0.4, -0.2) is 23.9 Å². The minimum Gasteiger partial charge on any atom is -0.480 e.